The fourth-order valence-electron chi connectivity index (χ4n) is 2.87. The Morgan fingerprint density at radius 3 is 2.57 bits per heavy atom. The second-order valence-electron chi connectivity index (χ2n) is 6.51. The lowest BCUT2D eigenvalue weighted by atomic mass is 10.1. The van der Waals surface area contributed by atoms with E-state index < -0.39 is 5.92 Å². The van der Waals surface area contributed by atoms with Crippen molar-refractivity contribution in [3.05, 3.63) is 64.0 Å². The zero-order valence-electron chi connectivity index (χ0n) is 16.0. The topological polar surface area (TPSA) is 59.5 Å². The van der Waals surface area contributed by atoms with Crippen LogP contribution in [-0.4, -0.2) is 35.4 Å². The molecule has 0 bridgehead atoms. The monoisotopic (exact) mass is 414 g/mol. The van der Waals surface area contributed by atoms with E-state index in [0.717, 1.165) is 15.4 Å². The summed E-state index contributed by atoms with van der Waals surface area (Å²) in [6.07, 6.45) is 0. The van der Waals surface area contributed by atoms with Crippen molar-refractivity contribution in [2.45, 2.75) is 20.4 Å². The number of hydrogen-bond donors (Lipinski definition) is 0. The molecule has 0 aliphatic heterocycles. The smallest absolute Gasteiger partial charge is 0.310 e. The number of aromatic nitrogens is 1. The van der Waals surface area contributed by atoms with Crippen LogP contribution < -0.4 is 0 Å². The fourth-order valence-corrected chi connectivity index (χ4v) is 4.70. The van der Waals surface area contributed by atoms with E-state index in [2.05, 4.69) is 4.98 Å². The third-order valence-corrected chi connectivity index (χ3v) is 6.51. The second kappa shape index (κ2) is 9.12. The number of thiazole rings is 1. The third-order valence-electron chi connectivity index (χ3n) is 4.32. The lowest BCUT2D eigenvalue weighted by Gasteiger charge is -2.25. The predicted molar refractivity (Wildman–Crippen MR) is 113 cm³/mol. The maximum atomic E-state index is 13.3. The van der Waals surface area contributed by atoms with Crippen LogP contribution in [0.5, 0.6) is 0 Å². The summed E-state index contributed by atoms with van der Waals surface area (Å²) in [6, 6.07) is 13.7. The van der Waals surface area contributed by atoms with E-state index >= 15 is 0 Å². The third kappa shape index (κ3) is 4.66. The maximum absolute atomic E-state index is 13.3. The molecule has 1 aromatic carbocycles. The van der Waals surface area contributed by atoms with Crippen LogP contribution >= 0.6 is 22.7 Å². The summed E-state index contributed by atoms with van der Waals surface area (Å²) in [5.74, 6) is -0.855. The van der Waals surface area contributed by atoms with Gasteiger partial charge in [-0.05, 0) is 23.9 Å². The van der Waals surface area contributed by atoms with Gasteiger partial charge in [-0.15, -0.1) is 22.7 Å². The number of methoxy groups -OCH3 is 1. The van der Waals surface area contributed by atoms with Gasteiger partial charge in [0, 0.05) is 13.1 Å². The van der Waals surface area contributed by atoms with Crippen LogP contribution in [-0.2, 0) is 16.1 Å². The first-order valence-electron chi connectivity index (χ1n) is 8.92. The van der Waals surface area contributed by atoms with E-state index in [-0.39, 0.29) is 18.4 Å². The van der Waals surface area contributed by atoms with Crippen molar-refractivity contribution >= 4 is 34.6 Å². The Bertz CT molecular complexity index is 936. The molecule has 1 amide bonds. The molecule has 5 nitrogen and oxygen atoms in total. The molecule has 146 valence electrons. The summed E-state index contributed by atoms with van der Waals surface area (Å²) < 4.78 is 4.84. The Morgan fingerprint density at radius 2 is 1.93 bits per heavy atom. The summed E-state index contributed by atoms with van der Waals surface area (Å²) in [7, 11) is 1.36. The minimum Gasteiger partial charge on any atom is -0.469 e. The summed E-state index contributed by atoms with van der Waals surface area (Å²) in [6.45, 7) is 4.33. The second-order valence-corrected chi connectivity index (χ2v) is 8.45. The Balaban J connectivity index is 1.88. The van der Waals surface area contributed by atoms with Crippen molar-refractivity contribution in [1.29, 1.82) is 0 Å². The number of rotatable bonds is 7. The number of thiophene rings is 1. The van der Waals surface area contributed by atoms with Gasteiger partial charge in [0.15, 0.2) is 0 Å². The first kappa shape index (κ1) is 20.2. The van der Waals surface area contributed by atoms with E-state index in [4.69, 9.17) is 4.74 Å². The highest BCUT2D eigenvalue weighted by atomic mass is 32.1. The molecule has 0 aliphatic carbocycles. The van der Waals surface area contributed by atoms with Crippen LogP contribution in [0.25, 0.3) is 9.88 Å². The molecule has 0 N–H and O–H groups in total. The zero-order valence-corrected chi connectivity index (χ0v) is 17.7. The highest BCUT2D eigenvalue weighted by molar-refractivity contribution is 7.22. The van der Waals surface area contributed by atoms with Gasteiger partial charge >= 0.3 is 5.97 Å². The van der Waals surface area contributed by atoms with Crippen LogP contribution in [0.15, 0.2) is 47.8 Å². The van der Waals surface area contributed by atoms with E-state index in [0.29, 0.717) is 17.1 Å². The molecule has 7 heteroatoms. The fraction of sp³-hybridized carbons (Fsp3) is 0.286. The van der Waals surface area contributed by atoms with Crippen molar-refractivity contribution in [3.8, 4) is 9.88 Å². The molecule has 28 heavy (non-hydrogen) atoms. The number of benzene rings is 1. The molecule has 3 rings (SSSR count). The summed E-state index contributed by atoms with van der Waals surface area (Å²) in [5, 5.41) is 2.84. The number of carbonyl (C=O) groups is 2. The van der Waals surface area contributed by atoms with Crippen molar-refractivity contribution in [3.63, 3.8) is 0 Å². The first-order valence-corrected chi connectivity index (χ1v) is 10.6. The molecule has 3 aromatic rings. The largest absolute Gasteiger partial charge is 0.469 e. The number of ether oxygens (including phenoxy) is 1. The standard InChI is InChI=1S/C21H22N2O3S2/c1-14(21(25)26-3)12-23(13-16-8-5-4-6-9-16)20(24)18-15(2)22-19(28-18)17-10-7-11-27-17/h4-11,14H,12-13H2,1-3H3. The van der Waals surface area contributed by atoms with E-state index in [1.54, 1.807) is 23.2 Å². The molecule has 0 radical (unpaired) electrons. The molecule has 1 unspecified atom stereocenters. The van der Waals surface area contributed by atoms with Crippen LogP contribution in [0.3, 0.4) is 0 Å². The SMILES string of the molecule is COC(=O)C(C)CN(Cc1ccccc1)C(=O)c1sc(-c2cccs2)nc1C. The number of esters is 1. The van der Waals surface area contributed by atoms with Gasteiger partial charge in [-0.3, -0.25) is 9.59 Å². The van der Waals surface area contributed by atoms with Crippen LogP contribution in [0.4, 0.5) is 0 Å². The molecule has 2 heterocycles. The number of carbonyl (C=O) groups excluding carboxylic acids is 2. The minimum absolute atomic E-state index is 0.114. The van der Waals surface area contributed by atoms with Crippen LogP contribution in [0.1, 0.15) is 27.9 Å². The molecule has 0 saturated heterocycles. The lowest BCUT2D eigenvalue weighted by Crippen LogP contribution is -2.36. The van der Waals surface area contributed by atoms with Gasteiger partial charge in [0.25, 0.3) is 5.91 Å². The predicted octanol–water partition coefficient (Wildman–Crippen LogP) is 4.63. The normalized spacial score (nSPS) is 11.8. The molecule has 0 aliphatic rings. The molecule has 2 aromatic heterocycles. The molecular weight excluding hydrogens is 392 g/mol. The highest BCUT2D eigenvalue weighted by Crippen LogP contribution is 2.32. The molecular formula is C21H22N2O3S2. The zero-order chi connectivity index (χ0) is 20.1. The lowest BCUT2D eigenvalue weighted by molar-refractivity contribution is -0.145. The van der Waals surface area contributed by atoms with E-state index in [1.807, 2.05) is 54.8 Å². The van der Waals surface area contributed by atoms with Gasteiger partial charge < -0.3 is 9.64 Å². The Labute approximate surface area is 172 Å². The minimum atomic E-state index is -0.414. The Hall–Kier alpha value is -2.51. The number of nitrogens with zero attached hydrogens (tertiary/aromatic N) is 2. The van der Waals surface area contributed by atoms with Gasteiger partial charge in [-0.25, -0.2) is 4.98 Å². The molecule has 0 saturated carbocycles. The quantitative estimate of drug-likeness (QED) is 0.529. The van der Waals surface area contributed by atoms with E-state index in [9.17, 15) is 9.59 Å². The average Bonchev–Trinajstić information content (AvgIpc) is 3.36. The van der Waals surface area contributed by atoms with Crippen LogP contribution in [0.2, 0.25) is 0 Å². The van der Waals surface area contributed by atoms with E-state index in [1.165, 1.54) is 18.4 Å². The average molecular weight is 415 g/mol. The molecule has 1 atom stereocenters. The summed E-state index contributed by atoms with van der Waals surface area (Å²) >= 11 is 3.00. The van der Waals surface area contributed by atoms with Gasteiger partial charge in [-0.1, -0.05) is 43.3 Å². The van der Waals surface area contributed by atoms with Crippen LogP contribution in [0, 0.1) is 12.8 Å². The highest BCUT2D eigenvalue weighted by Gasteiger charge is 2.26. The van der Waals surface area contributed by atoms with Gasteiger partial charge in [0.1, 0.15) is 9.88 Å². The first-order chi connectivity index (χ1) is 13.5. The Morgan fingerprint density at radius 1 is 1.18 bits per heavy atom. The number of hydrogen-bond acceptors (Lipinski definition) is 6. The molecule has 0 fully saturated rings. The maximum Gasteiger partial charge on any atom is 0.310 e. The number of amides is 1. The summed E-state index contributed by atoms with van der Waals surface area (Å²) in [4.78, 5) is 33.2. The van der Waals surface area contributed by atoms with Crippen molar-refractivity contribution < 1.29 is 14.3 Å². The van der Waals surface area contributed by atoms with Crippen molar-refractivity contribution in [2.24, 2.45) is 5.92 Å². The van der Waals surface area contributed by atoms with Gasteiger partial charge in [-0.2, -0.15) is 0 Å². The van der Waals surface area contributed by atoms with Crippen molar-refractivity contribution in [2.75, 3.05) is 13.7 Å². The number of aryl methyl sites for hydroxylation is 1. The van der Waals surface area contributed by atoms with Gasteiger partial charge in [0.2, 0.25) is 0 Å². The summed E-state index contributed by atoms with van der Waals surface area (Å²) in [5.41, 5.74) is 1.72. The van der Waals surface area contributed by atoms with Crippen molar-refractivity contribution in [1.82, 2.24) is 9.88 Å². The van der Waals surface area contributed by atoms with Gasteiger partial charge in [0.05, 0.1) is 23.6 Å². The Kier molecular flexibility index (Phi) is 6.59. The molecule has 0 spiro atoms.